The van der Waals surface area contributed by atoms with Crippen LogP contribution in [0.15, 0.2) is 30.3 Å². The lowest BCUT2D eigenvalue weighted by Gasteiger charge is -2.19. The number of benzene rings is 1. The summed E-state index contributed by atoms with van der Waals surface area (Å²) in [5.41, 5.74) is 1.69. The van der Waals surface area contributed by atoms with E-state index in [2.05, 4.69) is 31.1 Å². The molecule has 1 aromatic carbocycles. The van der Waals surface area contributed by atoms with E-state index in [9.17, 15) is 9.18 Å². The standard InChI is InChI=1S/C16H15Cl2FN2O/c1-16(2,3)9-4-6-10(7-5-9)20-15(22)11-8-12(19)14(18)21-13(11)17/h4-8H,1-3H3,(H,20,22). The monoisotopic (exact) mass is 340 g/mol. The van der Waals surface area contributed by atoms with Crippen molar-refractivity contribution in [2.24, 2.45) is 0 Å². The first-order valence-corrected chi connectivity index (χ1v) is 7.37. The summed E-state index contributed by atoms with van der Waals surface area (Å²) in [4.78, 5) is 15.7. The minimum absolute atomic E-state index is 0.0229. The van der Waals surface area contributed by atoms with Gasteiger partial charge in [-0.2, -0.15) is 0 Å². The fraction of sp³-hybridized carbons (Fsp3) is 0.250. The summed E-state index contributed by atoms with van der Waals surface area (Å²) in [6.45, 7) is 6.30. The van der Waals surface area contributed by atoms with Crippen LogP contribution in [0.25, 0.3) is 0 Å². The van der Waals surface area contributed by atoms with Crippen LogP contribution < -0.4 is 5.32 Å². The molecule has 0 aliphatic heterocycles. The van der Waals surface area contributed by atoms with Crippen molar-refractivity contribution in [3.63, 3.8) is 0 Å². The quantitative estimate of drug-likeness (QED) is 0.774. The predicted molar refractivity (Wildman–Crippen MR) is 87.3 cm³/mol. The fourth-order valence-corrected chi connectivity index (χ4v) is 2.26. The highest BCUT2D eigenvalue weighted by atomic mass is 35.5. The number of amides is 1. The molecule has 3 nitrogen and oxygen atoms in total. The van der Waals surface area contributed by atoms with Gasteiger partial charge < -0.3 is 5.32 Å². The second kappa shape index (κ2) is 6.23. The number of halogens is 3. The smallest absolute Gasteiger partial charge is 0.258 e. The minimum atomic E-state index is -0.792. The van der Waals surface area contributed by atoms with E-state index in [0.29, 0.717) is 5.69 Å². The Morgan fingerprint density at radius 1 is 1.14 bits per heavy atom. The van der Waals surface area contributed by atoms with E-state index in [1.165, 1.54) is 0 Å². The highest BCUT2D eigenvalue weighted by molar-refractivity contribution is 6.35. The van der Waals surface area contributed by atoms with E-state index in [4.69, 9.17) is 23.2 Å². The molecule has 6 heteroatoms. The second-order valence-electron chi connectivity index (χ2n) is 5.88. The summed E-state index contributed by atoms with van der Waals surface area (Å²) in [6, 6.07) is 8.39. The molecule has 0 aliphatic rings. The molecule has 0 spiro atoms. The molecular formula is C16H15Cl2FN2O. The molecule has 1 heterocycles. The third kappa shape index (κ3) is 3.76. The Labute approximate surface area is 138 Å². The molecule has 1 N–H and O–H groups in total. The molecule has 0 atom stereocenters. The Kier molecular flexibility index (Phi) is 4.73. The van der Waals surface area contributed by atoms with Crippen LogP contribution in [-0.4, -0.2) is 10.9 Å². The predicted octanol–water partition coefficient (Wildman–Crippen LogP) is 5.08. The molecule has 0 saturated carbocycles. The average Bonchev–Trinajstić information content (AvgIpc) is 2.42. The van der Waals surface area contributed by atoms with Gasteiger partial charge in [0.25, 0.3) is 5.91 Å². The summed E-state index contributed by atoms with van der Waals surface area (Å²) in [5.74, 6) is -1.34. The lowest BCUT2D eigenvalue weighted by Crippen LogP contribution is -2.14. The maximum absolute atomic E-state index is 13.4. The molecule has 116 valence electrons. The molecule has 22 heavy (non-hydrogen) atoms. The maximum atomic E-state index is 13.4. The molecule has 0 saturated heterocycles. The lowest BCUT2D eigenvalue weighted by atomic mass is 9.87. The fourth-order valence-electron chi connectivity index (χ4n) is 1.86. The van der Waals surface area contributed by atoms with Gasteiger partial charge in [0.05, 0.1) is 5.56 Å². The van der Waals surface area contributed by atoms with Crippen LogP contribution in [-0.2, 0) is 5.41 Å². The molecular weight excluding hydrogens is 326 g/mol. The van der Waals surface area contributed by atoms with Crippen molar-refractivity contribution in [1.82, 2.24) is 4.98 Å². The number of hydrogen-bond acceptors (Lipinski definition) is 2. The van der Waals surface area contributed by atoms with Crippen molar-refractivity contribution in [3.05, 3.63) is 57.6 Å². The summed E-state index contributed by atoms with van der Waals surface area (Å²) < 4.78 is 13.4. The van der Waals surface area contributed by atoms with E-state index in [-0.39, 0.29) is 21.3 Å². The first-order valence-electron chi connectivity index (χ1n) is 6.62. The third-order valence-corrected chi connectivity index (χ3v) is 3.69. The van der Waals surface area contributed by atoms with Crippen LogP contribution in [0.4, 0.5) is 10.1 Å². The number of nitrogens with zero attached hydrogens (tertiary/aromatic N) is 1. The normalized spacial score (nSPS) is 11.4. The molecule has 1 aromatic heterocycles. The maximum Gasteiger partial charge on any atom is 0.258 e. The number of rotatable bonds is 2. The number of carbonyl (C=O) groups excluding carboxylic acids is 1. The highest BCUT2D eigenvalue weighted by Crippen LogP contribution is 2.25. The zero-order chi connectivity index (χ0) is 16.5. The highest BCUT2D eigenvalue weighted by Gasteiger charge is 2.17. The van der Waals surface area contributed by atoms with Gasteiger partial charge in [-0.3, -0.25) is 4.79 Å². The number of anilines is 1. The van der Waals surface area contributed by atoms with E-state index >= 15 is 0 Å². The van der Waals surface area contributed by atoms with E-state index in [1.54, 1.807) is 12.1 Å². The SMILES string of the molecule is CC(C)(C)c1ccc(NC(=O)c2cc(F)c(Cl)nc2Cl)cc1. The molecule has 2 aromatic rings. The largest absolute Gasteiger partial charge is 0.322 e. The lowest BCUT2D eigenvalue weighted by molar-refractivity contribution is 0.102. The Bertz CT molecular complexity index is 709. The molecule has 2 rings (SSSR count). The van der Waals surface area contributed by atoms with Crippen LogP contribution in [0.5, 0.6) is 0 Å². The number of aromatic nitrogens is 1. The molecule has 0 unspecified atom stereocenters. The van der Waals surface area contributed by atoms with Gasteiger partial charge in [0.2, 0.25) is 0 Å². The van der Waals surface area contributed by atoms with Crippen LogP contribution in [0, 0.1) is 5.82 Å². The molecule has 0 radical (unpaired) electrons. The van der Waals surface area contributed by atoms with Gasteiger partial charge in [-0.1, -0.05) is 56.1 Å². The number of pyridine rings is 1. The third-order valence-electron chi connectivity index (χ3n) is 3.14. The zero-order valence-electron chi connectivity index (χ0n) is 12.4. The van der Waals surface area contributed by atoms with E-state index in [1.807, 2.05) is 12.1 Å². The van der Waals surface area contributed by atoms with Crippen LogP contribution in [0.3, 0.4) is 0 Å². The van der Waals surface area contributed by atoms with Gasteiger partial charge in [-0.05, 0) is 29.2 Å². The van der Waals surface area contributed by atoms with Crippen molar-refractivity contribution in [1.29, 1.82) is 0 Å². The Hall–Kier alpha value is -1.65. The minimum Gasteiger partial charge on any atom is -0.322 e. The number of hydrogen-bond donors (Lipinski definition) is 1. The first-order chi connectivity index (χ1) is 10.2. The van der Waals surface area contributed by atoms with Gasteiger partial charge in [-0.25, -0.2) is 9.37 Å². The van der Waals surface area contributed by atoms with Crippen molar-refractivity contribution >= 4 is 34.8 Å². The molecule has 0 fully saturated rings. The van der Waals surface area contributed by atoms with Crippen molar-refractivity contribution in [2.75, 3.05) is 5.32 Å². The summed E-state index contributed by atoms with van der Waals surface area (Å²) in [6.07, 6.45) is 0. The topological polar surface area (TPSA) is 42.0 Å². The zero-order valence-corrected chi connectivity index (χ0v) is 13.9. The van der Waals surface area contributed by atoms with Gasteiger partial charge in [0.15, 0.2) is 11.0 Å². The van der Waals surface area contributed by atoms with Crippen LogP contribution in [0.2, 0.25) is 10.3 Å². The van der Waals surface area contributed by atoms with Crippen molar-refractivity contribution in [3.8, 4) is 0 Å². The number of carbonyl (C=O) groups is 1. The van der Waals surface area contributed by atoms with E-state index in [0.717, 1.165) is 11.6 Å². The molecule has 1 amide bonds. The van der Waals surface area contributed by atoms with Crippen LogP contribution >= 0.6 is 23.2 Å². The summed E-state index contributed by atoms with van der Waals surface area (Å²) in [7, 11) is 0. The average molecular weight is 341 g/mol. The Morgan fingerprint density at radius 3 is 2.27 bits per heavy atom. The van der Waals surface area contributed by atoms with Gasteiger partial charge in [0.1, 0.15) is 5.15 Å². The van der Waals surface area contributed by atoms with Gasteiger partial charge >= 0.3 is 0 Å². The Balaban J connectivity index is 2.21. The van der Waals surface area contributed by atoms with Crippen LogP contribution in [0.1, 0.15) is 36.7 Å². The van der Waals surface area contributed by atoms with Crippen molar-refractivity contribution in [2.45, 2.75) is 26.2 Å². The first kappa shape index (κ1) is 16.7. The summed E-state index contributed by atoms with van der Waals surface area (Å²) >= 11 is 11.3. The van der Waals surface area contributed by atoms with Crippen molar-refractivity contribution < 1.29 is 9.18 Å². The molecule has 0 bridgehead atoms. The van der Waals surface area contributed by atoms with Gasteiger partial charge in [0, 0.05) is 5.69 Å². The van der Waals surface area contributed by atoms with Gasteiger partial charge in [-0.15, -0.1) is 0 Å². The summed E-state index contributed by atoms with van der Waals surface area (Å²) in [5, 5.41) is 2.14. The number of nitrogens with one attached hydrogen (secondary N) is 1. The second-order valence-corrected chi connectivity index (χ2v) is 6.60. The molecule has 0 aliphatic carbocycles. The van der Waals surface area contributed by atoms with E-state index < -0.39 is 11.7 Å². The Morgan fingerprint density at radius 2 is 1.73 bits per heavy atom.